The molecule has 2 N–H and O–H groups in total. The van der Waals surface area contributed by atoms with E-state index in [2.05, 4.69) is 35.2 Å². The minimum absolute atomic E-state index is 0.497. The SMILES string of the molecule is C=CCN(CC=C)c1ncc(CN)c2ccccc12. The van der Waals surface area contributed by atoms with Gasteiger partial charge < -0.3 is 10.6 Å². The van der Waals surface area contributed by atoms with E-state index in [-0.39, 0.29) is 0 Å². The second-order valence-electron chi connectivity index (χ2n) is 4.34. The Morgan fingerprint density at radius 2 is 1.74 bits per heavy atom. The van der Waals surface area contributed by atoms with Gasteiger partial charge in [-0.15, -0.1) is 13.2 Å². The van der Waals surface area contributed by atoms with Crippen LogP contribution in [0.25, 0.3) is 10.8 Å². The van der Waals surface area contributed by atoms with Crippen molar-refractivity contribution in [1.29, 1.82) is 0 Å². The van der Waals surface area contributed by atoms with Crippen LogP contribution in [-0.4, -0.2) is 18.1 Å². The monoisotopic (exact) mass is 253 g/mol. The van der Waals surface area contributed by atoms with E-state index in [4.69, 9.17) is 5.73 Å². The maximum atomic E-state index is 5.77. The van der Waals surface area contributed by atoms with Crippen molar-refractivity contribution in [1.82, 2.24) is 4.98 Å². The van der Waals surface area contributed by atoms with E-state index < -0.39 is 0 Å². The van der Waals surface area contributed by atoms with Gasteiger partial charge in [-0.05, 0) is 10.9 Å². The van der Waals surface area contributed by atoms with Crippen LogP contribution in [0.3, 0.4) is 0 Å². The van der Waals surface area contributed by atoms with E-state index in [9.17, 15) is 0 Å². The zero-order valence-electron chi connectivity index (χ0n) is 11.0. The van der Waals surface area contributed by atoms with Crippen molar-refractivity contribution in [2.45, 2.75) is 6.54 Å². The van der Waals surface area contributed by atoms with Crippen molar-refractivity contribution in [3.05, 3.63) is 61.3 Å². The van der Waals surface area contributed by atoms with Gasteiger partial charge in [0.15, 0.2) is 0 Å². The Hall–Kier alpha value is -2.13. The molecule has 0 radical (unpaired) electrons. The Balaban J connectivity index is 2.59. The zero-order valence-corrected chi connectivity index (χ0v) is 11.0. The molecular formula is C16H19N3. The maximum absolute atomic E-state index is 5.77. The second-order valence-corrected chi connectivity index (χ2v) is 4.34. The summed E-state index contributed by atoms with van der Waals surface area (Å²) in [4.78, 5) is 6.71. The number of rotatable bonds is 6. The number of hydrogen-bond donors (Lipinski definition) is 1. The quantitative estimate of drug-likeness (QED) is 0.805. The van der Waals surface area contributed by atoms with Gasteiger partial charge in [-0.1, -0.05) is 36.4 Å². The molecule has 0 aliphatic rings. The van der Waals surface area contributed by atoms with E-state index in [0.717, 1.165) is 35.2 Å². The minimum Gasteiger partial charge on any atom is -0.349 e. The number of hydrogen-bond acceptors (Lipinski definition) is 3. The van der Waals surface area contributed by atoms with Crippen LogP contribution in [0.2, 0.25) is 0 Å². The summed E-state index contributed by atoms with van der Waals surface area (Å²) in [6, 6.07) is 8.21. The van der Waals surface area contributed by atoms with Crippen LogP contribution < -0.4 is 10.6 Å². The molecule has 0 bridgehead atoms. The fraction of sp³-hybridized carbons (Fsp3) is 0.188. The molecule has 2 aromatic rings. The van der Waals surface area contributed by atoms with Gasteiger partial charge in [0.2, 0.25) is 0 Å². The molecule has 0 saturated carbocycles. The lowest BCUT2D eigenvalue weighted by molar-refractivity contribution is 0.929. The van der Waals surface area contributed by atoms with E-state index in [1.54, 1.807) is 0 Å². The van der Waals surface area contributed by atoms with Gasteiger partial charge in [0.1, 0.15) is 5.82 Å². The van der Waals surface area contributed by atoms with Crippen molar-refractivity contribution in [3.8, 4) is 0 Å². The Morgan fingerprint density at radius 1 is 1.11 bits per heavy atom. The molecule has 1 aromatic heterocycles. The first-order chi connectivity index (χ1) is 9.31. The van der Waals surface area contributed by atoms with Gasteiger partial charge >= 0.3 is 0 Å². The fourth-order valence-corrected chi connectivity index (χ4v) is 2.21. The van der Waals surface area contributed by atoms with Crippen LogP contribution in [0.5, 0.6) is 0 Å². The highest BCUT2D eigenvalue weighted by Crippen LogP contribution is 2.26. The third-order valence-electron chi connectivity index (χ3n) is 3.08. The van der Waals surface area contributed by atoms with Crippen LogP contribution in [0.1, 0.15) is 5.56 Å². The largest absolute Gasteiger partial charge is 0.349 e. The first kappa shape index (κ1) is 13.3. The molecule has 19 heavy (non-hydrogen) atoms. The lowest BCUT2D eigenvalue weighted by Gasteiger charge is -2.22. The summed E-state index contributed by atoms with van der Waals surface area (Å²) >= 11 is 0. The summed E-state index contributed by atoms with van der Waals surface area (Å²) in [7, 11) is 0. The molecule has 0 saturated heterocycles. The number of nitrogens with two attached hydrogens (primary N) is 1. The van der Waals surface area contributed by atoms with E-state index in [1.807, 2.05) is 30.5 Å². The number of nitrogens with zero attached hydrogens (tertiary/aromatic N) is 2. The molecule has 2 rings (SSSR count). The molecule has 0 amide bonds. The Kier molecular flexibility index (Phi) is 4.31. The van der Waals surface area contributed by atoms with Crippen molar-refractivity contribution < 1.29 is 0 Å². The molecule has 0 atom stereocenters. The first-order valence-corrected chi connectivity index (χ1v) is 6.35. The molecular weight excluding hydrogens is 234 g/mol. The van der Waals surface area contributed by atoms with Crippen molar-refractivity contribution >= 4 is 16.6 Å². The van der Waals surface area contributed by atoms with E-state index >= 15 is 0 Å². The van der Waals surface area contributed by atoms with Crippen molar-refractivity contribution in [2.75, 3.05) is 18.0 Å². The van der Waals surface area contributed by atoms with Gasteiger partial charge in [0.05, 0.1) is 0 Å². The van der Waals surface area contributed by atoms with Gasteiger partial charge in [-0.3, -0.25) is 0 Å². The number of fused-ring (bicyclic) bond motifs is 1. The molecule has 0 unspecified atom stereocenters. The van der Waals surface area contributed by atoms with E-state index in [1.165, 1.54) is 0 Å². The van der Waals surface area contributed by atoms with Crippen molar-refractivity contribution in [3.63, 3.8) is 0 Å². The second kappa shape index (κ2) is 6.16. The lowest BCUT2D eigenvalue weighted by Crippen LogP contribution is -2.24. The highest BCUT2D eigenvalue weighted by Gasteiger charge is 2.11. The molecule has 0 aliphatic heterocycles. The molecule has 0 fully saturated rings. The molecule has 98 valence electrons. The predicted octanol–water partition coefficient (Wildman–Crippen LogP) is 2.87. The predicted molar refractivity (Wildman–Crippen MR) is 82.2 cm³/mol. The zero-order chi connectivity index (χ0) is 13.7. The Bertz CT molecular complexity index is 580. The van der Waals surface area contributed by atoms with Gasteiger partial charge in [0, 0.05) is 31.2 Å². The highest BCUT2D eigenvalue weighted by atomic mass is 15.2. The normalized spacial score (nSPS) is 10.4. The van der Waals surface area contributed by atoms with Crippen LogP contribution in [0.4, 0.5) is 5.82 Å². The Morgan fingerprint density at radius 3 is 2.32 bits per heavy atom. The molecule has 1 heterocycles. The Labute approximate surface area is 114 Å². The number of pyridine rings is 1. The topological polar surface area (TPSA) is 42.2 Å². The molecule has 3 heteroatoms. The summed E-state index contributed by atoms with van der Waals surface area (Å²) in [6.45, 7) is 9.58. The van der Waals surface area contributed by atoms with Crippen LogP contribution in [0, 0.1) is 0 Å². The van der Waals surface area contributed by atoms with Crippen LogP contribution in [0.15, 0.2) is 55.8 Å². The molecule has 3 nitrogen and oxygen atoms in total. The van der Waals surface area contributed by atoms with Crippen LogP contribution >= 0.6 is 0 Å². The summed E-state index contributed by atoms with van der Waals surface area (Å²) in [5.41, 5.74) is 6.84. The summed E-state index contributed by atoms with van der Waals surface area (Å²) in [5.74, 6) is 0.951. The van der Waals surface area contributed by atoms with Gasteiger partial charge in [0.25, 0.3) is 0 Å². The maximum Gasteiger partial charge on any atom is 0.136 e. The molecule has 0 aliphatic carbocycles. The van der Waals surface area contributed by atoms with Crippen LogP contribution in [-0.2, 0) is 6.54 Å². The third-order valence-corrected chi connectivity index (χ3v) is 3.08. The van der Waals surface area contributed by atoms with Gasteiger partial charge in [-0.2, -0.15) is 0 Å². The molecule has 1 aromatic carbocycles. The summed E-state index contributed by atoms with van der Waals surface area (Å²) in [6.07, 6.45) is 5.60. The summed E-state index contributed by atoms with van der Waals surface area (Å²) in [5, 5.41) is 2.28. The number of aromatic nitrogens is 1. The first-order valence-electron chi connectivity index (χ1n) is 6.35. The van der Waals surface area contributed by atoms with E-state index in [0.29, 0.717) is 6.54 Å². The number of benzene rings is 1. The molecule has 0 spiro atoms. The smallest absolute Gasteiger partial charge is 0.136 e. The highest BCUT2D eigenvalue weighted by molar-refractivity contribution is 5.94. The minimum atomic E-state index is 0.497. The lowest BCUT2D eigenvalue weighted by atomic mass is 10.1. The average molecular weight is 253 g/mol. The summed E-state index contributed by atoms with van der Waals surface area (Å²) < 4.78 is 0. The van der Waals surface area contributed by atoms with Crippen molar-refractivity contribution in [2.24, 2.45) is 5.73 Å². The van der Waals surface area contributed by atoms with Gasteiger partial charge in [-0.25, -0.2) is 4.98 Å². The average Bonchev–Trinajstić information content (AvgIpc) is 2.46. The fourth-order valence-electron chi connectivity index (χ4n) is 2.21. The number of anilines is 1. The third kappa shape index (κ3) is 2.66. The standard InChI is InChI=1S/C16H19N3/c1-3-9-19(10-4-2)16-15-8-6-5-7-14(15)13(11-17)12-18-16/h3-8,12H,1-2,9-11,17H2.